The van der Waals surface area contributed by atoms with Crippen LogP contribution in [0.3, 0.4) is 0 Å². The highest BCUT2D eigenvalue weighted by Crippen LogP contribution is 2.34. The highest BCUT2D eigenvalue weighted by Gasteiger charge is 2.42. The second-order valence-electron chi connectivity index (χ2n) is 7.40. The van der Waals surface area contributed by atoms with Gasteiger partial charge in [-0.25, -0.2) is 4.98 Å². The van der Waals surface area contributed by atoms with E-state index in [9.17, 15) is 19.8 Å². The highest BCUT2D eigenvalue weighted by atomic mass is 16.3. The number of amides is 1. The van der Waals surface area contributed by atoms with E-state index in [0.717, 1.165) is 6.42 Å². The standard InChI is InChI=1S/C20H27N3O4/c1-2-9-20(13-24)12-22(10-7-17(20)25)18(26)8-11-23-14-21-16-6-4-3-5-15(16)19(23)27/h3-6,14,17,24-25H,2,7-13H2,1H3/t17-,20-/m0/s1. The maximum absolute atomic E-state index is 12.7. The molecule has 1 fully saturated rings. The van der Waals surface area contributed by atoms with Crippen LogP contribution in [0.15, 0.2) is 35.4 Å². The molecule has 0 bridgehead atoms. The lowest BCUT2D eigenvalue weighted by molar-refractivity contribution is -0.142. The zero-order valence-corrected chi connectivity index (χ0v) is 15.7. The molecule has 2 N–H and O–H groups in total. The van der Waals surface area contributed by atoms with Crippen molar-refractivity contribution < 1.29 is 15.0 Å². The third kappa shape index (κ3) is 3.89. The number of nitrogens with zero attached hydrogens (tertiary/aromatic N) is 3. The first kappa shape index (κ1) is 19.5. The molecule has 1 aliphatic rings. The summed E-state index contributed by atoms with van der Waals surface area (Å²) in [6, 6.07) is 7.14. The molecule has 0 aliphatic carbocycles. The number of aromatic nitrogens is 2. The van der Waals surface area contributed by atoms with E-state index in [0.29, 0.717) is 36.8 Å². The number of aliphatic hydroxyl groups excluding tert-OH is 2. The summed E-state index contributed by atoms with van der Waals surface area (Å²) in [7, 11) is 0. The maximum Gasteiger partial charge on any atom is 0.261 e. The van der Waals surface area contributed by atoms with Gasteiger partial charge in [-0.2, -0.15) is 0 Å². The molecule has 0 spiro atoms. The van der Waals surface area contributed by atoms with Gasteiger partial charge < -0.3 is 15.1 Å². The van der Waals surface area contributed by atoms with Gasteiger partial charge in [-0.3, -0.25) is 14.2 Å². The van der Waals surface area contributed by atoms with E-state index in [2.05, 4.69) is 4.98 Å². The molecule has 27 heavy (non-hydrogen) atoms. The summed E-state index contributed by atoms with van der Waals surface area (Å²) in [5.74, 6) is -0.0733. The van der Waals surface area contributed by atoms with Crippen molar-refractivity contribution in [1.82, 2.24) is 14.5 Å². The Labute approximate surface area is 158 Å². The van der Waals surface area contributed by atoms with Crippen LogP contribution in [-0.2, 0) is 11.3 Å². The van der Waals surface area contributed by atoms with Crippen molar-refractivity contribution in [2.45, 2.75) is 45.3 Å². The predicted octanol–water partition coefficient (Wildman–Crippen LogP) is 1.16. The summed E-state index contributed by atoms with van der Waals surface area (Å²) >= 11 is 0. The molecule has 2 heterocycles. The molecular weight excluding hydrogens is 346 g/mol. The number of carbonyl (C=O) groups is 1. The van der Waals surface area contributed by atoms with Crippen molar-refractivity contribution in [2.24, 2.45) is 5.41 Å². The number of piperidine rings is 1. The van der Waals surface area contributed by atoms with Gasteiger partial charge in [-0.1, -0.05) is 25.5 Å². The fraction of sp³-hybridized carbons (Fsp3) is 0.550. The van der Waals surface area contributed by atoms with Crippen LogP contribution in [0.25, 0.3) is 10.9 Å². The summed E-state index contributed by atoms with van der Waals surface area (Å²) in [6.07, 6.45) is 3.03. The lowest BCUT2D eigenvalue weighted by Gasteiger charge is -2.45. The number of aliphatic hydroxyl groups is 2. The van der Waals surface area contributed by atoms with Crippen molar-refractivity contribution in [3.63, 3.8) is 0 Å². The van der Waals surface area contributed by atoms with Crippen molar-refractivity contribution in [3.05, 3.63) is 40.9 Å². The average Bonchev–Trinajstić information content (AvgIpc) is 2.69. The predicted molar refractivity (Wildman–Crippen MR) is 102 cm³/mol. The van der Waals surface area contributed by atoms with E-state index < -0.39 is 11.5 Å². The Morgan fingerprint density at radius 2 is 2.15 bits per heavy atom. The molecule has 146 valence electrons. The minimum atomic E-state index is -0.649. The van der Waals surface area contributed by atoms with Gasteiger partial charge in [0.15, 0.2) is 0 Å². The first-order valence-corrected chi connectivity index (χ1v) is 9.51. The van der Waals surface area contributed by atoms with Crippen LogP contribution in [0.4, 0.5) is 0 Å². The fourth-order valence-corrected chi connectivity index (χ4v) is 3.98. The van der Waals surface area contributed by atoms with E-state index >= 15 is 0 Å². The minimum Gasteiger partial charge on any atom is -0.396 e. The molecule has 1 aromatic carbocycles. The van der Waals surface area contributed by atoms with Crippen LogP contribution in [0.2, 0.25) is 0 Å². The van der Waals surface area contributed by atoms with Gasteiger partial charge in [0.1, 0.15) is 0 Å². The topological polar surface area (TPSA) is 95.7 Å². The van der Waals surface area contributed by atoms with Crippen molar-refractivity contribution >= 4 is 16.8 Å². The Bertz CT molecular complexity index is 866. The van der Waals surface area contributed by atoms with Gasteiger partial charge in [-0.15, -0.1) is 0 Å². The number of hydrogen-bond acceptors (Lipinski definition) is 5. The Morgan fingerprint density at radius 3 is 2.89 bits per heavy atom. The zero-order chi connectivity index (χ0) is 19.4. The van der Waals surface area contributed by atoms with E-state index in [-0.39, 0.29) is 31.0 Å². The molecule has 0 radical (unpaired) electrons. The lowest BCUT2D eigenvalue weighted by Crippen LogP contribution is -2.55. The number of carbonyl (C=O) groups excluding carboxylic acids is 1. The summed E-state index contributed by atoms with van der Waals surface area (Å²) in [5, 5.41) is 20.7. The number of likely N-dealkylation sites (tertiary alicyclic amines) is 1. The Kier molecular flexibility index (Phi) is 5.92. The van der Waals surface area contributed by atoms with Crippen LogP contribution in [-0.4, -0.2) is 56.4 Å². The van der Waals surface area contributed by atoms with E-state index in [4.69, 9.17) is 0 Å². The molecular formula is C20H27N3O4. The SMILES string of the molecule is CCC[C@@]1(CO)CN(C(=O)CCn2cnc3ccccc3c2=O)CC[C@@H]1O. The largest absolute Gasteiger partial charge is 0.396 e. The van der Waals surface area contributed by atoms with Gasteiger partial charge >= 0.3 is 0 Å². The molecule has 2 atom stereocenters. The maximum atomic E-state index is 12.7. The molecule has 1 amide bonds. The number of rotatable bonds is 6. The minimum absolute atomic E-state index is 0.0733. The Hall–Kier alpha value is -2.25. The highest BCUT2D eigenvalue weighted by molar-refractivity contribution is 5.77. The lowest BCUT2D eigenvalue weighted by atomic mass is 9.74. The summed E-state index contributed by atoms with van der Waals surface area (Å²) in [6.45, 7) is 2.94. The van der Waals surface area contributed by atoms with Gasteiger partial charge in [0, 0.05) is 31.5 Å². The molecule has 1 aromatic heterocycles. The number of aryl methyl sites for hydroxylation is 1. The molecule has 1 saturated heterocycles. The Balaban J connectivity index is 1.69. The molecule has 1 aliphatic heterocycles. The number of fused-ring (bicyclic) bond motifs is 1. The number of benzene rings is 1. The van der Waals surface area contributed by atoms with E-state index in [1.165, 1.54) is 10.9 Å². The molecule has 0 saturated carbocycles. The summed E-state index contributed by atoms with van der Waals surface area (Å²) in [5.41, 5.74) is -0.162. The van der Waals surface area contributed by atoms with E-state index in [1.807, 2.05) is 13.0 Å². The van der Waals surface area contributed by atoms with E-state index in [1.54, 1.807) is 23.1 Å². The van der Waals surface area contributed by atoms with Crippen molar-refractivity contribution in [3.8, 4) is 0 Å². The molecule has 3 rings (SSSR count). The monoisotopic (exact) mass is 373 g/mol. The van der Waals surface area contributed by atoms with Gasteiger partial charge in [0.05, 0.1) is 29.9 Å². The average molecular weight is 373 g/mol. The summed E-state index contributed by atoms with van der Waals surface area (Å²) in [4.78, 5) is 31.2. The third-order valence-corrected chi connectivity index (χ3v) is 5.60. The van der Waals surface area contributed by atoms with Crippen LogP contribution in [0, 0.1) is 5.41 Å². The second-order valence-corrected chi connectivity index (χ2v) is 7.40. The molecule has 7 nitrogen and oxygen atoms in total. The third-order valence-electron chi connectivity index (χ3n) is 5.60. The molecule has 2 aromatic rings. The van der Waals surface area contributed by atoms with Crippen molar-refractivity contribution in [1.29, 1.82) is 0 Å². The van der Waals surface area contributed by atoms with Gasteiger partial charge in [0.2, 0.25) is 5.91 Å². The molecule has 0 unspecified atom stereocenters. The smallest absolute Gasteiger partial charge is 0.261 e. The molecule has 7 heteroatoms. The number of hydrogen-bond donors (Lipinski definition) is 2. The normalized spacial score (nSPS) is 22.9. The van der Waals surface area contributed by atoms with Crippen LogP contribution in [0.1, 0.15) is 32.6 Å². The quantitative estimate of drug-likeness (QED) is 0.792. The first-order chi connectivity index (χ1) is 13.0. The van der Waals surface area contributed by atoms with Crippen LogP contribution >= 0.6 is 0 Å². The van der Waals surface area contributed by atoms with Gasteiger partial charge in [0.25, 0.3) is 5.56 Å². The second kappa shape index (κ2) is 8.19. The first-order valence-electron chi connectivity index (χ1n) is 9.51. The zero-order valence-electron chi connectivity index (χ0n) is 15.7. The van der Waals surface area contributed by atoms with Crippen molar-refractivity contribution in [2.75, 3.05) is 19.7 Å². The fourth-order valence-electron chi connectivity index (χ4n) is 3.98. The number of para-hydroxylation sites is 1. The Morgan fingerprint density at radius 1 is 1.37 bits per heavy atom. The van der Waals surface area contributed by atoms with Crippen LogP contribution in [0.5, 0.6) is 0 Å². The van der Waals surface area contributed by atoms with Crippen LogP contribution < -0.4 is 5.56 Å². The van der Waals surface area contributed by atoms with Gasteiger partial charge in [-0.05, 0) is 25.0 Å². The summed E-state index contributed by atoms with van der Waals surface area (Å²) < 4.78 is 1.46.